The van der Waals surface area contributed by atoms with Crippen molar-refractivity contribution in [1.29, 1.82) is 0 Å². The number of imidazole rings is 1. The number of hydrogen-bond acceptors (Lipinski definition) is 8. The van der Waals surface area contributed by atoms with Gasteiger partial charge >= 0.3 is 18.1 Å². The van der Waals surface area contributed by atoms with E-state index in [0.29, 0.717) is 21.9 Å². The third-order valence-corrected chi connectivity index (χ3v) is 5.47. The quantitative estimate of drug-likeness (QED) is 0.292. The number of fused-ring (bicyclic) bond motifs is 1. The number of carboxylic acids is 2. The predicted molar refractivity (Wildman–Crippen MR) is 114 cm³/mol. The van der Waals surface area contributed by atoms with Gasteiger partial charge in [-0.2, -0.15) is 13.2 Å². The molecule has 0 fully saturated rings. The summed E-state index contributed by atoms with van der Waals surface area (Å²) in [6.45, 7) is 0.202. The third kappa shape index (κ3) is 8.01. The van der Waals surface area contributed by atoms with Gasteiger partial charge in [-0.05, 0) is 25.1 Å². The van der Waals surface area contributed by atoms with Gasteiger partial charge in [-0.1, -0.05) is 12.1 Å². The standard InChI is InChI=1S/C16H14F3N3O2S.C4H6O6/c1-10-13(20-7-6-14(10)24-9-16(17,18)19)8-25(23)15-21-11-4-2-3-5-12(11)22-15;5-1(3(7)8)2(6)4(9)10/h2-7H,8-9H2,1H3,(H,21,22);1-2,5-6H,(H,7,8)(H,9,10)/t25-;1-,2-/m11/s1. The topological polar surface area (TPSA) is 183 Å². The predicted octanol–water partition coefficient (Wildman–Crippen LogP) is 1.39. The first-order valence-corrected chi connectivity index (χ1v) is 10.9. The highest BCUT2D eigenvalue weighted by Crippen LogP contribution is 2.24. The van der Waals surface area contributed by atoms with Crippen LogP contribution in [0.3, 0.4) is 0 Å². The van der Waals surface area contributed by atoms with E-state index in [9.17, 15) is 27.0 Å². The molecule has 2 heterocycles. The van der Waals surface area contributed by atoms with Crippen molar-refractivity contribution in [2.75, 3.05) is 6.61 Å². The van der Waals surface area contributed by atoms with E-state index in [2.05, 4.69) is 15.0 Å². The average molecular weight is 519 g/mol. The maximum absolute atomic E-state index is 12.5. The van der Waals surface area contributed by atoms with Crippen molar-refractivity contribution in [3.8, 4) is 5.75 Å². The maximum Gasteiger partial charge on any atom is 0.422 e. The van der Waals surface area contributed by atoms with Gasteiger partial charge in [0, 0.05) is 11.8 Å². The van der Waals surface area contributed by atoms with E-state index >= 15 is 0 Å². The lowest BCUT2D eigenvalue weighted by atomic mass is 10.2. The van der Waals surface area contributed by atoms with E-state index in [1.807, 2.05) is 18.2 Å². The number of halogens is 3. The number of ether oxygens (including phenoxy) is 1. The van der Waals surface area contributed by atoms with Crippen LogP contribution in [0.15, 0.2) is 41.7 Å². The van der Waals surface area contributed by atoms with Crippen LogP contribution in [0.5, 0.6) is 5.75 Å². The molecule has 3 rings (SSSR count). The number of aromatic nitrogens is 3. The summed E-state index contributed by atoms with van der Waals surface area (Å²) in [5, 5.41) is 32.8. The Morgan fingerprint density at radius 2 is 1.71 bits per heavy atom. The molecule has 35 heavy (non-hydrogen) atoms. The molecule has 1 aromatic carbocycles. The zero-order valence-corrected chi connectivity index (χ0v) is 18.7. The minimum Gasteiger partial charge on any atom is -0.484 e. The fraction of sp³-hybridized carbons (Fsp3) is 0.300. The molecule has 0 amide bonds. The average Bonchev–Trinajstić information content (AvgIpc) is 3.23. The fourth-order valence-electron chi connectivity index (χ4n) is 2.52. The molecule has 0 spiro atoms. The smallest absolute Gasteiger partial charge is 0.422 e. The Morgan fingerprint density at radius 3 is 2.26 bits per heavy atom. The van der Waals surface area contributed by atoms with Crippen LogP contribution in [0.1, 0.15) is 11.3 Å². The summed E-state index contributed by atoms with van der Waals surface area (Å²) in [5.41, 5.74) is 2.28. The van der Waals surface area contributed by atoms with Crippen LogP contribution in [-0.4, -0.2) is 76.5 Å². The normalized spacial score (nSPS) is 13.9. The lowest BCUT2D eigenvalue weighted by molar-refractivity contribution is -0.165. The molecule has 0 unspecified atom stereocenters. The molecule has 0 saturated heterocycles. The number of aliphatic hydroxyl groups is 2. The van der Waals surface area contributed by atoms with Crippen molar-refractivity contribution < 1.29 is 52.1 Å². The van der Waals surface area contributed by atoms with Gasteiger partial charge in [0.2, 0.25) is 0 Å². The Kier molecular flexibility index (Phi) is 9.27. The highest BCUT2D eigenvalue weighted by atomic mass is 32.2. The zero-order valence-electron chi connectivity index (χ0n) is 17.9. The summed E-state index contributed by atoms with van der Waals surface area (Å²) in [6.07, 6.45) is -7.62. The summed E-state index contributed by atoms with van der Waals surface area (Å²) in [5.74, 6) is -3.44. The molecule has 0 aliphatic rings. The molecule has 190 valence electrons. The lowest BCUT2D eigenvalue weighted by Crippen LogP contribution is -2.39. The molecule has 0 saturated carbocycles. The van der Waals surface area contributed by atoms with Crippen LogP contribution in [0, 0.1) is 6.92 Å². The SMILES string of the molecule is Cc1c(OCC(F)(F)F)ccnc1C[S@@](=O)c1nc2ccccc2[nH]1.O=C(O)[C@H](O)[C@@H](O)C(=O)O. The first kappa shape index (κ1) is 27.7. The van der Waals surface area contributed by atoms with Gasteiger partial charge < -0.3 is 30.1 Å². The molecular weight excluding hydrogens is 499 g/mol. The zero-order chi connectivity index (χ0) is 26.3. The van der Waals surface area contributed by atoms with Gasteiger partial charge in [-0.15, -0.1) is 0 Å². The van der Waals surface area contributed by atoms with Gasteiger partial charge in [0.1, 0.15) is 5.75 Å². The molecule has 2 aromatic heterocycles. The second-order valence-corrected chi connectivity index (χ2v) is 8.27. The second-order valence-electron chi connectivity index (χ2n) is 6.90. The number of pyridine rings is 1. The van der Waals surface area contributed by atoms with Crippen LogP contribution in [0.4, 0.5) is 13.2 Å². The number of nitrogens with zero attached hydrogens (tertiary/aromatic N) is 2. The number of carboxylic acid groups (broad SMARTS) is 2. The number of aliphatic hydroxyl groups excluding tert-OH is 2. The Morgan fingerprint density at radius 1 is 1.11 bits per heavy atom. The Bertz CT molecular complexity index is 1170. The third-order valence-electron chi connectivity index (χ3n) is 4.31. The number of H-pyrrole nitrogens is 1. The molecular formula is C20H20F3N3O8S. The van der Waals surface area contributed by atoms with Crippen molar-refractivity contribution in [3.05, 3.63) is 47.8 Å². The molecule has 15 heteroatoms. The van der Waals surface area contributed by atoms with Crippen molar-refractivity contribution in [3.63, 3.8) is 0 Å². The lowest BCUT2D eigenvalue weighted by Gasteiger charge is -2.13. The Hall–Kier alpha value is -3.56. The molecule has 3 aromatic rings. The first-order chi connectivity index (χ1) is 16.3. The van der Waals surface area contributed by atoms with E-state index in [4.69, 9.17) is 25.2 Å². The number of carbonyl (C=O) groups is 2. The summed E-state index contributed by atoms with van der Waals surface area (Å²) in [6, 6.07) is 8.62. The van der Waals surface area contributed by atoms with Crippen molar-refractivity contribution >= 4 is 33.8 Å². The summed E-state index contributed by atoms with van der Waals surface area (Å²) >= 11 is 0. The highest BCUT2D eigenvalue weighted by molar-refractivity contribution is 7.84. The molecule has 0 bridgehead atoms. The van der Waals surface area contributed by atoms with Gasteiger partial charge in [0.05, 0.1) is 33.3 Å². The van der Waals surface area contributed by atoms with Gasteiger partial charge in [-0.25, -0.2) is 14.6 Å². The second kappa shape index (κ2) is 11.7. The number of alkyl halides is 3. The van der Waals surface area contributed by atoms with E-state index < -0.39 is 47.7 Å². The van der Waals surface area contributed by atoms with E-state index in [0.717, 1.165) is 5.52 Å². The van der Waals surface area contributed by atoms with Crippen LogP contribution < -0.4 is 4.74 Å². The fourth-order valence-corrected chi connectivity index (χ4v) is 3.62. The maximum atomic E-state index is 12.5. The molecule has 0 radical (unpaired) electrons. The number of rotatable bonds is 8. The molecule has 0 aliphatic carbocycles. The van der Waals surface area contributed by atoms with Crippen LogP contribution >= 0.6 is 0 Å². The Labute approximate surface area is 197 Å². The minimum atomic E-state index is -4.42. The van der Waals surface area contributed by atoms with Crippen LogP contribution in [-0.2, 0) is 26.1 Å². The summed E-state index contributed by atoms with van der Waals surface area (Å²) in [7, 11) is -1.51. The van der Waals surface area contributed by atoms with Crippen molar-refractivity contribution in [2.45, 2.75) is 36.2 Å². The first-order valence-electron chi connectivity index (χ1n) is 9.59. The highest BCUT2D eigenvalue weighted by Gasteiger charge is 2.30. The molecule has 0 aliphatic heterocycles. The molecule has 11 nitrogen and oxygen atoms in total. The monoisotopic (exact) mass is 519 g/mol. The summed E-state index contributed by atoms with van der Waals surface area (Å²) in [4.78, 5) is 30.9. The molecule has 3 atom stereocenters. The van der Waals surface area contributed by atoms with Gasteiger partial charge in [-0.3, -0.25) is 9.19 Å². The number of hydrogen-bond donors (Lipinski definition) is 5. The van der Waals surface area contributed by atoms with E-state index in [1.54, 1.807) is 13.0 Å². The van der Waals surface area contributed by atoms with Crippen LogP contribution in [0.2, 0.25) is 0 Å². The Balaban J connectivity index is 0.000000367. The van der Waals surface area contributed by atoms with Crippen molar-refractivity contribution in [2.24, 2.45) is 0 Å². The largest absolute Gasteiger partial charge is 0.484 e. The summed E-state index contributed by atoms with van der Waals surface area (Å²) < 4.78 is 54.2. The number of para-hydroxylation sites is 2. The number of aromatic amines is 1. The number of aliphatic carboxylic acids is 2. The van der Waals surface area contributed by atoms with Crippen molar-refractivity contribution in [1.82, 2.24) is 15.0 Å². The van der Waals surface area contributed by atoms with Gasteiger partial charge in [0.25, 0.3) is 0 Å². The molecule has 5 N–H and O–H groups in total. The van der Waals surface area contributed by atoms with Gasteiger partial charge in [0.15, 0.2) is 24.0 Å². The number of benzene rings is 1. The van der Waals surface area contributed by atoms with E-state index in [1.165, 1.54) is 12.3 Å². The number of nitrogens with one attached hydrogen (secondary N) is 1. The van der Waals surface area contributed by atoms with E-state index in [-0.39, 0.29) is 11.5 Å². The van der Waals surface area contributed by atoms with Crippen LogP contribution in [0.25, 0.3) is 11.0 Å². The minimum absolute atomic E-state index is 0.0227.